The molecule has 0 aromatic heterocycles. The lowest BCUT2D eigenvalue weighted by atomic mass is 10.1. The Morgan fingerprint density at radius 1 is 1.50 bits per heavy atom. The second-order valence-electron chi connectivity index (χ2n) is 4.32. The van der Waals surface area contributed by atoms with Crippen LogP contribution in [0, 0.1) is 0 Å². The molecule has 1 unspecified atom stereocenters. The van der Waals surface area contributed by atoms with E-state index >= 15 is 0 Å². The number of carbonyl (C=O) groups is 2. The number of carbonyl (C=O) groups excluding carboxylic acids is 2. The fourth-order valence-corrected chi connectivity index (χ4v) is 1.37. The van der Waals surface area contributed by atoms with Crippen LogP contribution in [0.4, 0.5) is 4.79 Å². The number of hydrogen-bond donors (Lipinski definition) is 1. The van der Waals surface area contributed by atoms with E-state index in [-0.39, 0.29) is 11.1 Å². The Bertz CT molecular complexity index is 271. The van der Waals surface area contributed by atoms with E-state index in [2.05, 4.69) is 27.8 Å². The lowest BCUT2D eigenvalue weighted by molar-refractivity contribution is -0.118. The van der Waals surface area contributed by atoms with Crippen LogP contribution in [-0.2, 0) is 9.53 Å². The van der Waals surface area contributed by atoms with Gasteiger partial charge in [0.15, 0.2) is 5.78 Å². The molecular weight excluding hydrogens is 274 g/mol. The van der Waals surface area contributed by atoms with Crippen molar-refractivity contribution in [2.24, 2.45) is 0 Å². The van der Waals surface area contributed by atoms with Crippen LogP contribution < -0.4 is 5.32 Å². The van der Waals surface area contributed by atoms with E-state index in [1.54, 1.807) is 26.8 Å². The number of nitrogens with one attached hydrogen (secondary N) is 1. The van der Waals surface area contributed by atoms with Gasteiger partial charge in [-0.15, -0.1) is 6.58 Å². The van der Waals surface area contributed by atoms with Crippen LogP contribution in [0.25, 0.3) is 0 Å². The Morgan fingerprint density at radius 3 is 2.44 bits per heavy atom. The average Bonchev–Trinajstić information content (AvgIpc) is 2.13. The van der Waals surface area contributed by atoms with E-state index in [0.717, 1.165) is 0 Å². The highest BCUT2D eigenvalue weighted by atomic mass is 79.9. The largest absolute Gasteiger partial charge is 0.444 e. The van der Waals surface area contributed by atoms with Crippen molar-refractivity contribution in [2.75, 3.05) is 5.33 Å². The zero-order valence-electron chi connectivity index (χ0n) is 9.88. The summed E-state index contributed by atoms with van der Waals surface area (Å²) in [7, 11) is 0. The van der Waals surface area contributed by atoms with Gasteiger partial charge in [-0.05, 0) is 27.2 Å². The maximum Gasteiger partial charge on any atom is 0.408 e. The molecule has 92 valence electrons. The summed E-state index contributed by atoms with van der Waals surface area (Å²) in [6.45, 7) is 8.84. The monoisotopic (exact) mass is 291 g/mol. The summed E-state index contributed by atoms with van der Waals surface area (Å²) in [6, 6.07) is -0.577. The minimum Gasteiger partial charge on any atom is -0.444 e. The van der Waals surface area contributed by atoms with E-state index in [4.69, 9.17) is 4.74 Å². The standard InChI is InChI=1S/C11H18BrNO3/c1-5-6-8(9(14)7-12)13-10(15)16-11(2,3)4/h5,8H,1,6-7H2,2-4H3,(H,13,15). The number of alkyl carbamates (subject to hydrolysis) is 1. The van der Waals surface area contributed by atoms with Gasteiger partial charge in [0.25, 0.3) is 0 Å². The quantitative estimate of drug-likeness (QED) is 0.625. The summed E-state index contributed by atoms with van der Waals surface area (Å²) in [6.07, 6.45) is 1.39. The van der Waals surface area contributed by atoms with Crippen LogP contribution in [0.3, 0.4) is 0 Å². The molecule has 16 heavy (non-hydrogen) atoms. The average molecular weight is 292 g/mol. The third-order valence-corrected chi connectivity index (χ3v) is 2.17. The third-order valence-electron chi connectivity index (χ3n) is 1.61. The lowest BCUT2D eigenvalue weighted by Crippen LogP contribution is -2.43. The number of rotatable bonds is 5. The number of ether oxygens (including phenoxy) is 1. The second-order valence-corrected chi connectivity index (χ2v) is 4.88. The van der Waals surface area contributed by atoms with Crippen LogP contribution in [0.15, 0.2) is 12.7 Å². The predicted octanol–water partition coefficient (Wildman–Crippen LogP) is 2.42. The van der Waals surface area contributed by atoms with Crippen molar-refractivity contribution in [1.29, 1.82) is 0 Å². The van der Waals surface area contributed by atoms with Crippen molar-refractivity contribution < 1.29 is 14.3 Å². The van der Waals surface area contributed by atoms with Crippen LogP contribution in [-0.4, -0.2) is 28.8 Å². The molecule has 5 heteroatoms. The molecule has 0 radical (unpaired) electrons. The maximum atomic E-state index is 11.4. The summed E-state index contributed by atoms with van der Waals surface area (Å²) in [5.74, 6) is -0.106. The first-order valence-corrected chi connectivity index (χ1v) is 6.11. The first-order valence-electron chi connectivity index (χ1n) is 4.99. The van der Waals surface area contributed by atoms with Crippen LogP contribution >= 0.6 is 15.9 Å². The van der Waals surface area contributed by atoms with Crippen molar-refractivity contribution in [1.82, 2.24) is 5.32 Å². The minimum atomic E-state index is -0.589. The number of ketones is 1. The van der Waals surface area contributed by atoms with Crippen molar-refractivity contribution in [3.63, 3.8) is 0 Å². The molecule has 0 spiro atoms. The van der Waals surface area contributed by atoms with Gasteiger partial charge in [0.2, 0.25) is 0 Å². The van der Waals surface area contributed by atoms with Gasteiger partial charge < -0.3 is 10.1 Å². The Kier molecular flexibility index (Phi) is 6.33. The predicted molar refractivity (Wildman–Crippen MR) is 66.8 cm³/mol. The van der Waals surface area contributed by atoms with Crippen molar-refractivity contribution in [3.8, 4) is 0 Å². The first-order chi connectivity index (χ1) is 7.30. The minimum absolute atomic E-state index is 0.106. The van der Waals surface area contributed by atoms with Gasteiger partial charge in [-0.3, -0.25) is 4.79 Å². The fourth-order valence-electron chi connectivity index (χ4n) is 0.980. The lowest BCUT2D eigenvalue weighted by Gasteiger charge is -2.22. The molecule has 4 nitrogen and oxygen atoms in total. The SMILES string of the molecule is C=CCC(NC(=O)OC(C)(C)C)C(=O)CBr. The molecule has 0 saturated heterocycles. The smallest absolute Gasteiger partial charge is 0.408 e. The Labute approximate surface area is 105 Å². The molecule has 1 N–H and O–H groups in total. The van der Waals surface area contributed by atoms with Gasteiger partial charge in [-0.25, -0.2) is 4.79 Å². The number of Topliss-reactive ketones (excluding diaryl/α,β-unsaturated/α-hetero) is 1. The zero-order chi connectivity index (χ0) is 12.8. The van der Waals surface area contributed by atoms with Crippen LogP contribution in [0.1, 0.15) is 27.2 Å². The normalized spacial score (nSPS) is 12.8. The van der Waals surface area contributed by atoms with Gasteiger partial charge in [0.1, 0.15) is 5.60 Å². The second kappa shape index (κ2) is 6.68. The molecule has 0 fully saturated rings. The Morgan fingerprint density at radius 2 is 2.06 bits per heavy atom. The maximum absolute atomic E-state index is 11.4. The van der Waals surface area contributed by atoms with Crippen molar-refractivity contribution in [3.05, 3.63) is 12.7 Å². The molecule has 0 aromatic carbocycles. The summed E-state index contributed by atoms with van der Waals surface area (Å²) in [5, 5.41) is 2.71. The van der Waals surface area contributed by atoms with Gasteiger partial charge in [0, 0.05) is 0 Å². The molecule has 0 aromatic rings. The van der Waals surface area contributed by atoms with E-state index in [1.165, 1.54) is 0 Å². The Balaban J connectivity index is 4.34. The van der Waals surface area contributed by atoms with E-state index < -0.39 is 17.7 Å². The molecule has 0 aliphatic heterocycles. The zero-order valence-corrected chi connectivity index (χ0v) is 11.5. The summed E-state index contributed by atoms with van der Waals surface area (Å²) in [5.41, 5.74) is -0.569. The summed E-state index contributed by atoms with van der Waals surface area (Å²) >= 11 is 3.06. The highest BCUT2D eigenvalue weighted by Gasteiger charge is 2.22. The number of halogens is 1. The van der Waals surface area contributed by atoms with Gasteiger partial charge in [0.05, 0.1) is 11.4 Å². The van der Waals surface area contributed by atoms with Gasteiger partial charge in [-0.1, -0.05) is 22.0 Å². The molecule has 1 atom stereocenters. The van der Waals surface area contributed by atoms with Crippen LogP contribution in [0.5, 0.6) is 0 Å². The topological polar surface area (TPSA) is 55.4 Å². The van der Waals surface area contributed by atoms with Crippen molar-refractivity contribution >= 4 is 27.8 Å². The molecule has 0 saturated carbocycles. The van der Waals surface area contributed by atoms with Gasteiger partial charge >= 0.3 is 6.09 Å². The molecule has 0 aliphatic carbocycles. The Hall–Kier alpha value is -0.840. The van der Waals surface area contributed by atoms with Gasteiger partial charge in [-0.2, -0.15) is 0 Å². The van der Waals surface area contributed by atoms with E-state index in [9.17, 15) is 9.59 Å². The molecular formula is C11H18BrNO3. The first kappa shape index (κ1) is 15.2. The highest BCUT2D eigenvalue weighted by molar-refractivity contribution is 9.09. The molecule has 0 aliphatic rings. The highest BCUT2D eigenvalue weighted by Crippen LogP contribution is 2.07. The van der Waals surface area contributed by atoms with E-state index in [0.29, 0.717) is 6.42 Å². The molecule has 0 heterocycles. The molecule has 1 amide bonds. The molecule has 0 bridgehead atoms. The number of alkyl halides is 1. The fraction of sp³-hybridized carbons (Fsp3) is 0.636. The van der Waals surface area contributed by atoms with Crippen molar-refractivity contribution in [2.45, 2.75) is 38.8 Å². The third kappa shape index (κ3) is 6.61. The molecule has 0 rings (SSSR count). The summed E-state index contributed by atoms with van der Waals surface area (Å²) in [4.78, 5) is 22.9. The number of amides is 1. The van der Waals surface area contributed by atoms with E-state index in [1.807, 2.05) is 0 Å². The number of hydrogen-bond acceptors (Lipinski definition) is 3. The van der Waals surface area contributed by atoms with Crippen LogP contribution in [0.2, 0.25) is 0 Å². The summed E-state index contributed by atoms with van der Waals surface area (Å²) < 4.78 is 5.06.